The van der Waals surface area contributed by atoms with E-state index in [0.717, 1.165) is 29.4 Å². The summed E-state index contributed by atoms with van der Waals surface area (Å²) >= 11 is 0. The number of aromatic nitrogens is 2. The van der Waals surface area contributed by atoms with Crippen LogP contribution in [0, 0.1) is 13.8 Å². The standard InChI is InChI=1S/C15H20N4/c1-4-19(14-7-5-6-11(2)8-14)15-17-10-13(9-16)12(3)18-15/h5-8,10H,4,9,16H2,1-3H3. The van der Waals surface area contributed by atoms with Crippen molar-refractivity contribution in [3.05, 3.63) is 47.3 Å². The molecule has 0 unspecified atom stereocenters. The smallest absolute Gasteiger partial charge is 0.230 e. The van der Waals surface area contributed by atoms with Crippen molar-refractivity contribution in [2.24, 2.45) is 5.73 Å². The topological polar surface area (TPSA) is 55.0 Å². The Kier molecular flexibility index (Phi) is 4.12. The van der Waals surface area contributed by atoms with Crippen molar-refractivity contribution in [3.63, 3.8) is 0 Å². The molecule has 0 aliphatic rings. The Bertz CT molecular complexity index is 566. The number of anilines is 2. The zero-order valence-electron chi connectivity index (χ0n) is 11.7. The molecule has 1 heterocycles. The van der Waals surface area contributed by atoms with Gasteiger partial charge in [0, 0.05) is 36.2 Å². The van der Waals surface area contributed by atoms with E-state index in [4.69, 9.17) is 5.73 Å². The van der Waals surface area contributed by atoms with Gasteiger partial charge in [-0.15, -0.1) is 0 Å². The van der Waals surface area contributed by atoms with Crippen LogP contribution in [0.3, 0.4) is 0 Å². The fourth-order valence-electron chi connectivity index (χ4n) is 2.05. The first-order valence-electron chi connectivity index (χ1n) is 6.52. The quantitative estimate of drug-likeness (QED) is 0.913. The van der Waals surface area contributed by atoms with Crippen LogP contribution in [0.25, 0.3) is 0 Å². The lowest BCUT2D eigenvalue weighted by Gasteiger charge is -2.22. The first kappa shape index (κ1) is 13.5. The molecule has 0 amide bonds. The van der Waals surface area contributed by atoms with Gasteiger partial charge in [0.2, 0.25) is 5.95 Å². The van der Waals surface area contributed by atoms with Gasteiger partial charge in [0.25, 0.3) is 0 Å². The van der Waals surface area contributed by atoms with Gasteiger partial charge in [0.1, 0.15) is 0 Å². The molecule has 1 aromatic heterocycles. The van der Waals surface area contributed by atoms with Crippen LogP contribution in [-0.2, 0) is 6.54 Å². The number of hydrogen-bond acceptors (Lipinski definition) is 4. The predicted octanol–water partition coefficient (Wildman–Crippen LogP) is 2.71. The summed E-state index contributed by atoms with van der Waals surface area (Å²) in [5.74, 6) is 0.725. The highest BCUT2D eigenvalue weighted by Gasteiger charge is 2.11. The van der Waals surface area contributed by atoms with Crippen LogP contribution in [0.15, 0.2) is 30.5 Å². The van der Waals surface area contributed by atoms with E-state index in [1.165, 1.54) is 5.56 Å². The molecule has 0 fully saturated rings. The molecule has 0 saturated heterocycles. The highest BCUT2D eigenvalue weighted by Crippen LogP contribution is 2.23. The number of hydrogen-bond donors (Lipinski definition) is 1. The van der Waals surface area contributed by atoms with E-state index in [1.54, 1.807) is 0 Å². The van der Waals surface area contributed by atoms with E-state index in [1.807, 2.05) is 13.1 Å². The monoisotopic (exact) mass is 256 g/mol. The van der Waals surface area contributed by atoms with Crippen LogP contribution in [0.4, 0.5) is 11.6 Å². The van der Waals surface area contributed by atoms with Crippen LogP contribution >= 0.6 is 0 Å². The van der Waals surface area contributed by atoms with Gasteiger partial charge in [-0.3, -0.25) is 0 Å². The predicted molar refractivity (Wildman–Crippen MR) is 78.5 cm³/mol. The van der Waals surface area contributed by atoms with Gasteiger partial charge in [-0.05, 0) is 38.5 Å². The number of aryl methyl sites for hydroxylation is 2. The van der Waals surface area contributed by atoms with E-state index in [0.29, 0.717) is 6.54 Å². The van der Waals surface area contributed by atoms with E-state index in [2.05, 4.69) is 53.0 Å². The molecule has 2 aromatic rings. The Balaban J connectivity index is 2.39. The molecule has 0 radical (unpaired) electrons. The Morgan fingerprint density at radius 2 is 2.05 bits per heavy atom. The second kappa shape index (κ2) is 5.80. The second-order valence-electron chi connectivity index (χ2n) is 4.57. The summed E-state index contributed by atoms with van der Waals surface area (Å²) in [5.41, 5.74) is 9.92. The van der Waals surface area contributed by atoms with E-state index < -0.39 is 0 Å². The molecule has 100 valence electrons. The number of nitrogens with two attached hydrogens (primary N) is 1. The molecule has 19 heavy (non-hydrogen) atoms. The van der Waals surface area contributed by atoms with E-state index >= 15 is 0 Å². The van der Waals surface area contributed by atoms with Crippen molar-refractivity contribution in [2.45, 2.75) is 27.3 Å². The van der Waals surface area contributed by atoms with Crippen molar-refractivity contribution in [1.29, 1.82) is 0 Å². The van der Waals surface area contributed by atoms with Crippen molar-refractivity contribution in [3.8, 4) is 0 Å². The summed E-state index contributed by atoms with van der Waals surface area (Å²) in [4.78, 5) is 11.1. The van der Waals surface area contributed by atoms with E-state index in [-0.39, 0.29) is 0 Å². The van der Waals surface area contributed by atoms with Gasteiger partial charge in [-0.25, -0.2) is 9.97 Å². The minimum absolute atomic E-state index is 0.475. The van der Waals surface area contributed by atoms with Gasteiger partial charge in [0.05, 0.1) is 0 Å². The zero-order chi connectivity index (χ0) is 13.8. The number of rotatable bonds is 4. The normalized spacial score (nSPS) is 10.5. The molecule has 0 atom stereocenters. The minimum atomic E-state index is 0.475. The van der Waals surface area contributed by atoms with Crippen LogP contribution in [0.2, 0.25) is 0 Å². The zero-order valence-corrected chi connectivity index (χ0v) is 11.7. The molecule has 0 bridgehead atoms. The fourth-order valence-corrected chi connectivity index (χ4v) is 2.05. The highest BCUT2D eigenvalue weighted by molar-refractivity contribution is 5.58. The van der Waals surface area contributed by atoms with Gasteiger partial charge in [-0.2, -0.15) is 0 Å². The van der Waals surface area contributed by atoms with Crippen molar-refractivity contribution in [2.75, 3.05) is 11.4 Å². The fraction of sp³-hybridized carbons (Fsp3) is 0.333. The molecule has 0 spiro atoms. The maximum absolute atomic E-state index is 5.65. The largest absolute Gasteiger partial charge is 0.326 e. The minimum Gasteiger partial charge on any atom is -0.326 e. The Morgan fingerprint density at radius 1 is 1.26 bits per heavy atom. The molecule has 0 aliphatic carbocycles. The summed E-state index contributed by atoms with van der Waals surface area (Å²) < 4.78 is 0. The molecule has 4 nitrogen and oxygen atoms in total. The van der Waals surface area contributed by atoms with Crippen LogP contribution < -0.4 is 10.6 Å². The average molecular weight is 256 g/mol. The lowest BCUT2D eigenvalue weighted by molar-refractivity contribution is 0.903. The molecule has 1 aromatic carbocycles. The Labute approximate surface area is 114 Å². The molecule has 2 N–H and O–H groups in total. The first-order valence-corrected chi connectivity index (χ1v) is 6.52. The molecular formula is C15H20N4. The van der Waals surface area contributed by atoms with Gasteiger partial charge in [0.15, 0.2) is 0 Å². The lowest BCUT2D eigenvalue weighted by atomic mass is 10.2. The SMILES string of the molecule is CCN(c1cccc(C)c1)c1ncc(CN)c(C)n1. The number of nitrogens with zero attached hydrogens (tertiary/aromatic N) is 3. The van der Waals surface area contributed by atoms with Crippen LogP contribution in [0.1, 0.15) is 23.7 Å². The molecule has 2 rings (SSSR count). The van der Waals surface area contributed by atoms with Gasteiger partial charge >= 0.3 is 0 Å². The highest BCUT2D eigenvalue weighted by atomic mass is 15.2. The lowest BCUT2D eigenvalue weighted by Crippen LogP contribution is -2.20. The van der Waals surface area contributed by atoms with Crippen molar-refractivity contribution in [1.82, 2.24) is 9.97 Å². The number of benzene rings is 1. The maximum atomic E-state index is 5.65. The van der Waals surface area contributed by atoms with E-state index in [9.17, 15) is 0 Å². The Hall–Kier alpha value is -1.94. The summed E-state index contributed by atoms with van der Waals surface area (Å²) in [5, 5.41) is 0. The van der Waals surface area contributed by atoms with Crippen LogP contribution in [-0.4, -0.2) is 16.5 Å². The third kappa shape index (κ3) is 2.90. The Morgan fingerprint density at radius 3 is 2.63 bits per heavy atom. The molecule has 4 heteroatoms. The molecule has 0 aliphatic heterocycles. The maximum Gasteiger partial charge on any atom is 0.230 e. The van der Waals surface area contributed by atoms with Crippen molar-refractivity contribution < 1.29 is 0 Å². The molecular weight excluding hydrogens is 236 g/mol. The second-order valence-corrected chi connectivity index (χ2v) is 4.57. The first-order chi connectivity index (χ1) is 9.15. The van der Waals surface area contributed by atoms with Gasteiger partial charge in [-0.1, -0.05) is 12.1 Å². The summed E-state index contributed by atoms with van der Waals surface area (Å²) in [6, 6.07) is 8.35. The van der Waals surface area contributed by atoms with Gasteiger partial charge < -0.3 is 10.6 Å². The molecule has 0 saturated carbocycles. The van der Waals surface area contributed by atoms with Crippen molar-refractivity contribution >= 4 is 11.6 Å². The summed E-state index contributed by atoms with van der Waals surface area (Å²) in [6.07, 6.45) is 1.82. The summed E-state index contributed by atoms with van der Waals surface area (Å²) in [6.45, 7) is 7.45. The summed E-state index contributed by atoms with van der Waals surface area (Å²) in [7, 11) is 0. The third-order valence-electron chi connectivity index (χ3n) is 3.16. The van der Waals surface area contributed by atoms with Crippen LogP contribution in [0.5, 0.6) is 0 Å². The third-order valence-corrected chi connectivity index (χ3v) is 3.16. The average Bonchev–Trinajstić information content (AvgIpc) is 2.40.